The van der Waals surface area contributed by atoms with Crippen LogP contribution in [0.25, 0.3) is 0 Å². The van der Waals surface area contributed by atoms with Gasteiger partial charge in [-0.05, 0) is 32.0 Å². The number of ether oxygens (including phenoxy) is 1. The number of carbonyl (C=O) groups excluding carboxylic acids is 1. The van der Waals surface area contributed by atoms with Crippen molar-refractivity contribution < 1.29 is 17.9 Å². The van der Waals surface area contributed by atoms with Crippen molar-refractivity contribution in [2.75, 3.05) is 13.7 Å². The van der Waals surface area contributed by atoms with Crippen LogP contribution in [0.15, 0.2) is 57.8 Å². The Morgan fingerprint density at radius 1 is 1.19 bits per heavy atom. The summed E-state index contributed by atoms with van der Waals surface area (Å²) in [5.74, 6) is 0. The van der Waals surface area contributed by atoms with Crippen LogP contribution < -0.4 is 4.48 Å². The third kappa shape index (κ3) is 4.30. The zero-order valence-corrected chi connectivity index (χ0v) is 16.3. The van der Waals surface area contributed by atoms with E-state index in [-0.39, 0.29) is 11.5 Å². The standard InChI is InChI=1S/C18H20ClN2O4S/c1-4-25-18(22)21(3,17-8-6-5-7-16(17)19)13-20-26(23,24)15-11-9-14(2)10-12-15/h5-13H,4H2,1-3H3/q+1/b20-13+. The lowest BCUT2D eigenvalue weighted by Crippen LogP contribution is -2.50. The smallest absolute Gasteiger partial charge is 0.420 e. The SMILES string of the molecule is CCOC(=O)[N+](C)(/C=N/S(=O)(=O)c1ccc(C)cc1)c1ccccc1Cl. The lowest BCUT2D eigenvalue weighted by Gasteiger charge is -2.24. The van der Waals surface area contributed by atoms with Crippen molar-refractivity contribution in [1.82, 2.24) is 4.48 Å². The van der Waals surface area contributed by atoms with E-state index in [1.54, 1.807) is 43.3 Å². The summed E-state index contributed by atoms with van der Waals surface area (Å²) < 4.78 is 33.1. The Balaban J connectivity index is 2.50. The highest BCUT2D eigenvalue weighted by atomic mass is 35.5. The molecule has 26 heavy (non-hydrogen) atoms. The number of carbonyl (C=O) groups is 1. The van der Waals surface area contributed by atoms with Gasteiger partial charge in [-0.15, -0.1) is 8.88 Å². The summed E-state index contributed by atoms with van der Waals surface area (Å²) in [6.45, 7) is 3.65. The summed E-state index contributed by atoms with van der Waals surface area (Å²) in [5.41, 5.74) is 1.28. The third-order valence-electron chi connectivity index (χ3n) is 3.74. The molecule has 0 heterocycles. The van der Waals surface area contributed by atoms with Crippen molar-refractivity contribution in [3.8, 4) is 0 Å². The molecule has 6 nitrogen and oxygen atoms in total. The fourth-order valence-corrected chi connectivity index (χ4v) is 3.45. The van der Waals surface area contributed by atoms with Crippen molar-refractivity contribution in [1.29, 1.82) is 0 Å². The predicted molar refractivity (Wildman–Crippen MR) is 103 cm³/mol. The van der Waals surface area contributed by atoms with Crippen LogP contribution in [0.1, 0.15) is 12.5 Å². The number of halogens is 1. The van der Waals surface area contributed by atoms with Crippen molar-refractivity contribution in [2.45, 2.75) is 18.7 Å². The van der Waals surface area contributed by atoms with E-state index in [9.17, 15) is 13.2 Å². The second kappa shape index (κ2) is 7.99. The number of nitrogens with zero attached hydrogens (tertiary/aromatic N) is 2. The van der Waals surface area contributed by atoms with Crippen LogP contribution in [0.5, 0.6) is 0 Å². The van der Waals surface area contributed by atoms with Crippen LogP contribution >= 0.6 is 11.6 Å². The molecule has 2 rings (SSSR count). The monoisotopic (exact) mass is 395 g/mol. The van der Waals surface area contributed by atoms with Gasteiger partial charge in [0, 0.05) is 6.07 Å². The Morgan fingerprint density at radius 2 is 1.81 bits per heavy atom. The van der Waals surface area contributed by atoms with Gasteiger partial charge in [0.1, 0.15) is 5.02 Å². The summed E-state index contributed by atoms with van der Waals surface area (Å²) in [7, 11) is -2.51. The number of hydrogen-bond acceptors (Lipinski definition) is 4. The van der Waals surface area contributed by atoms with Gasteiger partial charge in [0.2, 0.25) is 6.34 Å². The Morgan fingerprint density at radius 3 is 2.38 bits per heavy atom. The van der Waals surface area contributed by atoms with E-state index in [4.69, 9.17) is 16.3 Å². The number of quaternary nitrogens is 1. The largest absolute Gasteiger partial charge is 0.527 e. The van der Waals surface area contributed by atoms with Crippen molar-refractivity contribution in [2.24, 2.45) is 4.40 Å². The van der Waals surface area contributed by atoms with Crippen LogP contribution in [0.2, 0.25) is 5.02 Å². The summed E-state index contributed by atoms with van der Waals surface area (Å²) >= 11 is 6.20. The molecule has 0 aliphatic carbocycles. The molecule has 0 spiro atoms. The van der Waals surface area contributed by atoms with Crippen LogP contribution in [-0.2, 0) is 14.8 Å². The number of rotatable bonds is 5. The second-order valence-electron chi connectivity index (χ2n) is 5.73. The normalized spacial score (nSPS) is 14.2. The van der Waals surface area contributed by atoms with E-state index in [0.29, 0.717) is 10.7 Å². The minimum Gasteiger partial charge on any atom is -0.420 e. The molecule has 8 heteroatoms. The minimum absolute atomic E-state index is 0.0360. The van der Waals surface area contributed by atoms with Gasteiger partial charge in [-0.25, -0.2) is 0 Å². The van der Waals surface area contributed by atoms with E-state index < -0.39 is 20.6 Å². The Bertz CT molecular complexity index is 926. The lowest BCUT2D eigenvalue weighted by molar-refractivity contribution is 0.135. The van der Waals surface area contributed by atoms with Gasteiger partial charge in [-0.1, -0.05) is 41.4 Å². The van der Waals surface area contributed by atoms with E-state index >= 15 is 0 Å². The van der Waals surface area contributed by atoms with Gasteiger partial charge in [-0.3, -0.25) is 0 Å². The molecule has 0 aliphatic heterocycles. The van der Waals surface area contributed by atoms with Gasteiger partial charge in [0.15, 0.2) is 5.69 Å². The molecule has 0 saturated heterocycles. The molecular formula is C18H20ClN2O4S+. The number of hydrogen-bond donors (Lipinski definition) is 0. The number of aryl methyl sites for hydroxylation is 1. The van der Waals surface area contributed by atoms with Gasteiger partial charge in [-0.2, -0.15) is 13.2 Å². The zero-order chi connectivity index (χ0) is 19.4. The van der Waals surface area contributed by atoms with Crippen LogP contribution in [0.3, 0.4) is 0 Å². The highest BCUT2D eigenvalue weighted by Crippen LogP contribution is 2.30. The highest BCUT2D eigenvalue weighted by Gasteiger charge is 2.38. The molecule has 0 aliphatic rings. The average molecular weight is 396 g/mol. The highest BCUT2D eigenvalue weighted by molar-refractivity contribution is 7.90. The summed E-state index contributed by atoms with van der Waals surface area (Å²) in [5, 5.41) is 0.294. The first-order valence-electron chi connectivity index (χ1n) is 7.87. The van der Waals surface area contributed by atoms with Gasteiger partial charge >= 0.3 is 6.09 Å². The van der Waals surface area contributed by atoms with Gasteiger partial charge in [0.05, 0.1) is 18.6 Å². The molecule has 0 bridgehead atoms. The quantitative estimate of drug-likeness (QED) is 0.433. The molecule has 138 valence electrons. The van der Waals surface area contributed by atoms with Crippen LogP contribution in [0, 0.1) is 6.92 Å². The molecular weight excluding hydrogens is 376 g/mol. The van der Waals surface area contributed by atoms with Crippen molar-refractivity contribution >= 4 is 39.7 Å². The number of sulfonamides is 1. The van der Waals surface area contributed by atoms with Crippen LogP contribution in [0.4, 0.5) is 10.5 Å². The summed E-state index contributed by atoms with van der Waals surface area (Å²) in [6, 6.07) is 12.9. The maximum absolute atomic E-state index is 12.5. The number of amides is 1. The molecule has 2 aromatic rings. The molecule has 1 unspecified atom stereocenters. The summed E-state index contributed by atoms with van der Waals surface area (Å²) in [6.07, 6.45) is 0.331. The molecule has 0 aromatic heterocycles. The van der Waals surface area contributed by atoms with E-state index in [2.05, 4.69) is 4.40 Å². The third-order valence-corrected chi connectivity index (χ3v) is 5.29. The molecule has 0 fully saturated rings. The van der Waals surface area contributed by atoms with Crippen molar-refractivity contribution in [3.63, 3.8) is 0 Å². The van der Waals surface area contributed by atoms with E-state index in [0.717, 1.165) is 11.9 Å². The fourth-order valence-electron chi connectivity index (χ4n) is 2.22. The average Bonchev–Trinajstić information content (AvgIpc) is 2.61. The Kier molecular flexibility index (Phi) is 6.17. The fraction of sp³-hybridized carbons (Fsp3) is 0.222. The molecule has 2 aromatic carbocycles. The van der Waals surface area contributed by atoms with E-state index in [1.165, 1.54) is 19.2 Å². The van der Waals surface area contributed by atoms with E-state index in [1.807, 2.05) is 6.92 Å². The maximum atomic E-state index is 12.5. The zero-order valence-electron chi connectivity index (χ0n) is 14.7. The lowest BCUT2D eigenvalue weighted by atomic mass is 10.2. The first-order chi connectivity index (χ1) is 12.2. The summed E-state index contributed by atoms with van der Waals surface area (Å²) in [4.78, 5) is 12.6. The minimum atomic E-state index is -3.98. The second-order valence-corrected chi connectivity index (χ2v) is 7.77. The molecule has 1 amide bonds. The van der Waals surface area contributed by atoms with Crippen LogP contribution in [-0.4, -0.2) is 34.5 Å². The number of para-hydroxylation sites is 1. The molecule has 0 radical (unpaired) electrons. The maximum Gasteiger partial charge on any atom is 0.527 e. The molecule has 1 atom stereocenters. The predicted octanol–water partition coefficient (Wildman–Crippen LogP) is 4.16. The number of benzene rings is 2. The van der Waals surface area contributed by atoms with Crippen molar-refractivity contribution in [3.05, 3.63) is 59.1 Å². The topological polar surface area (TPSA) is 72.8 Å². The Hall–Kier alpha value is -2.22. The van der Waals surface area contributed by atoms with Gasteiger partial charge < -0.3 is 4.74 Å². The first kappa shape index (κ1) is 20.1. The molecule has 0 saturated carbocycles. The van der Waals surface area contributed by atoms with Gasteiger partial charge in [0.25, 0.3) is 10.0 Å². The first-order valence-corrected chi connectivity index (χ1v) is 9.69. The molecule has 0 N–H and O–H groups in total. The Labute approximate surface area is 158 Å².